The third-order valence-corrected chi connectivity index (χ3v) is 2.21. The van der Waals surface area contributed by atoms with E-state index in [0.717, 1.165) is 0 Å². The fourth-order valence-corrected chi connectivity index (χ4v) is 1.39. The van der Waals surface area contributed by atoms with Crippen molar-refractivity contribution >= 4 is 6.29 Å². The average molecular weight is 262 g/mol. The SMILES string of the molecule is COc1cccc(C=O)c1OCCCC(F)(F)F. The van der Waals surface area contributed by atoms with Crippen LogP contribution in [0.5, 0.6) is 11.5 Å². The van der Waals surface area contributed by atoms with Crippen LogP contribution in [0.3, 0.4) is 0 Å². The zero-order chi connectivity index (χ0) is 13.6. The van der Waals surface area contributed by atoms with Crippen molar-refractivity contribution in [3.63, 3.8) is 0 Å². The molecule has 0 N–H and O–H groups in total. The summed E-state index contributed by atoms with van der Waals surface area (Å²) < 4.78 is 46.0. The van der Waals surface area contributed by atoms with E-state index in [4.69, 9.17) is 9.47 Å². The summed E-state index contributed by atoms with van der Waals surface area (Å²) in [6, 6.07) is 4.69. The van der Waals surface area contributed by atoms with Crippen molar-refractivity contribution in [3.05, 3.63) is 23.8 Å². The number of hydrogen-bond donors (Lipinski definition) is 0. The lowest BCUT2D eigenvalue weighted by atomic mass is 10.2. The molecule has 100 valence electrons. The normalized spacial score (nSPS) is 11.1. The van der Waals surface area contributed by atoms with Crippen LogP contribution < -0.4 is 9.47 Å². The lowest BCUT2D eigenvalue weighted by molar-refractivity contribution is -0.136. The molecule has 0 atom stereocenters. The maximum Gasteiger partial charge on any atom is 0.389 e. The summed E-state index contributed by atoms with van der Waals surface area (Å²) >= 11 is 0. The molecule has 0 radical (unpaired) electrons. The molecular formula is C12H13F3O3. The lowest BCUT2D eigenvalue weighted by Gasteiger charge is -2.12. The van der Waals surface area contributed by atoms with Crippen LogP contribution in [-0.2, 0) is 0 Å². The van der Waals surface area contributed by atoms with Gasteiger partial charge in [-0.05, 0) is 18.6 Å². The monoisotopic (exact) mass is 262 g/mol. The summed E-state index contributed by atoms with van der Waals surface area (Å²) in [6.07, 6.45) is -4.71. The van der Waals surface area contributed by atoms with Gasteiger partial charge in [0, 0.05) is 6.42 Å². The molecule has 0 spiro atoms. The second-order valence-corrected chi connectivity index (χ2v) is 3.56. The van der Waals surface area contributed by atoms with Gasteiger partial charge in [-0.3, -0.25) is 4.79 Å². The molecule has 0 bridgehead atoms. The quantitative estimate of drug-likeness (QED) is 0.583. The third kappa shape index (κ3) is 4.27. The first kappa shape index (κ1) is 14.3. The number of ether oxygens (including phenoxy) is 2. The van der Waals surface area contributed by atoms with Gasteiger partial charge in [-0.25, -0.2) is 0 Å². The number of carbonyl (C=O) groups is 1. The molecule has 0 aromatic heterocycles. The van der Waals surface area contributed by atoms with E-state index in [1.165, 1.54) is 13.2 Å². The molecule has 0 amide bonds. The first-order valence-corrected chi connectivity index (χ1v) is 5.29. The molecule has 0 heterocycles. The minimum absolute atomic E-state index is 0.124. The predicted molar refractivity (Wildman–Crippen MR) is 59.2 cm³/mol. The van der Waals surface area contributed by atoms with Gasteiger partial charge in [0.05, 0.1) is 19.3 Å². The van der Waals surface area contributed by atoms with Crippen LogP contribution in [-0.4, -0.2) is 26.2 Å². The van der Waals surface area contributed by atoms with Crippen molar-refractivity contribution in [2.45, 2.75) is 19.0 Å². The Kier molecular flexibility index (Phi) is 5.00. The molecule has 1 rings (SSSR count). The highest BCUT2D eigenvalue weighted by molar-refractivity contribution is 5.81. The number of rotatable bonds is 6. The molecule has 0 saturated carbocycles. The fourth-order valence-electron chi connectivity index (χ4n) is 1.39. The molecular weight excluding hydrogens is 249 g/mol. The first-order chi connectivity index (χ1) is 8.48. The Labute approximate surface area is 103 Å². The molecule has 0 aliphatic rings. The summed E-state index contributed by atoms with van der Waals surface area (Å²) in [4.78, 5) is 10.8. The third-order valence-electron chi connectivity index (χ3n) is 2.21. The minimum Gasteiger partial charge on any atom is -0.493 e. The number of hydrogen-bond acceptors (Lipinski definition) is 3. The van der Waals surface area contributed by atoms with Gasteiger partial charge < -0.3 is 9.47 Å². The lowest BCUT2D eigenvalue weighted by Crippen LogP contribution is -2.10. The zero-order valence-corrected chi connectivity index (χ0v) is 9.79. The number of halogens is 3. The first-order valence-electron chi connectivity index (χ1n) is 5.29. The van der Waals surface area contributed by atoms with Crippen LogP contribution in [0, 0.1) is 0 Å². The summed E-state index contributed by atoms with van der Waals surface area (Å²) in [5, 5.41) is 0. The van der Waals surface area contributed by atoms with Gasteiger partial charge in [0.1, 0.15) is 0 Å². The Morgan fingerprint density at radius 1 is 1.33 bits per heavy atom. The van der Waals surface area contributed by atoms with E-state index in [2.05, 4.69) is 0 Å². The highest BCUT2D eigenvalue weighted by Gasteiger charge is 2.26. The molecule has 1 aromatic rings. The largest absolute Gasteiger partial charge is 0.493 e. The molecule has 0 aliphatic carbocycles. The van der Waals surface area contributed by atoms with Crippen LogP contribution in [0.15, 0.2) is 18.2 Å². The second kappa shape index (κ2) is 6.28. The van der Waals surface area contributed by atoms with Crippen LogP contribution in [0.25, 0.3) is 0 Å². The van der Waals surface area contributed by atoms with Crippen molar-refractivity contribution in [2.24, 2.45) is 0 Å². The highest BCUT2D eigenvalue weighted by Crippen LogP contribution is 2.30. The number of para-hydroxylation sites is 1. The highest BCUT2D eigenvalue weighted by atomic mass is 19.4. The van der Waals surface area contributed by atoms with Gasteiger partial charge in [0.15, 0.2) is 17.8 Å². The van der Waals surface area contributed by atoms with E-state index < -0.39 is 12.6 Å². The van der Waals surface area contributed by atoms with Crippen LogP contribution in [0.2, 0.25) is 0 Å². The molecule has 6 heteroatoms. The molecule has 0 fully saturated rings. The van der Waals surface area contributed by atoms with E-state index in [0.29, 0.717) is 12.0 Å². The van der Waals surface area contributed by atoms with Crippen molar-refractivity contribution < 1.29 is 27.4 Å². The minimum atomic E-state index is -4.20. The van der Waals surface area contributed by atoms with Gasteiger partial charge in [0.25, 0.3) is 0 Å². The van der Waals surface area contributed by atoms with E-state index in [1.54, 1.807) is 12.1 Å². The van der Waals surface area contributed by atoms with Crippen molar-refractivity contribution in [1.82, 2.24) is 0 Å². The number of carbonyl (C=O) groups excluding carboxylic acids is 1. The Bertz CT molecular complexity index is 402. The topological polar surface area (TPSA) is 35.5 Å². The number of benzene rings is 1. The average Bonchev–Trinajstić information content (AvgIpc) is 2.33. The summed E-state index contributed by atoms with van der Waals surface area (Å²) in [5.41, 5.74) is 0.251. The molecule has 18 heavy (non-hydrogen) atoms. The fraction of sp³-hybridized carbons (Fsp3) is 0.417. The van der Waals surface area contributed by atoms with Crippen molar-refractivity contribution in [2.75, 3.05) is 13.7 Å². The predicted octanol–water partition coefficient (Wildman–Crippen LogP) is 3.23. The van der Waals surface area contributed by atoms with E-state index in [-0.39, 0.29) is 24.3 Å². The molecule has 3 nitrogen and oxygen atoms in total. The van der Waals surface area contributed by atoms with E-state index in [9.17, 15) is 18.0 Å². The number of aldehydes is 1. The maximum atomic E-state index is 11.9. The Morgan fingerprint density at radius 3 is 2.61 bits per heavy atom. The molecule has 0 aliphatic heterocycles. The molecule has 0 unspecified atom stereocenters. The van der Waals surface area contributed by atoms with Crippen molar-refractivity contribution in [1.29, 1.82) is 0 Å². The Morgan fingerprint density at radius 2 is 2.06 bits per heavy atom. The van der Waals surface area contributed by atoms with Gasteiger partial charge >= 0.3 is 6.18 Å². The van der Waals surface area contributed by atoms with Crippen LogP contribution in [0.4, 0.5) is 13.2 Å². The summed E-state index contributed by atoms with van der Waals surface area (Å²) in [6.45, 7) is -0.124. The van der Waals surface area contributed by atoms with Crippen LogP contribution >= 0.6 is 0 Å². The van der Waals surface area contributed by atoms with Gasteiger partial charge in [0.2, 0.25) is 0 Å². The number of alkyl halides is 3. The van der Waals surface area contributed by atoms with Gasteiger partial charge in [-0.1, -0.05) is 6.07 Å². The Hall–Kier alpha value is -1.72. The van der Waals surface area contributed by atoms with E-state index >= 15 is 0 Å². The standard InChI is InChI=1S/C12H13F3O3/c1-17-10-5-2-4-9(8-16)11(10)18-7-3-6-12(13,14)15/h2,4-5,8H,3,6-7H2,1H3. The maximum absolute atomic E-state index is 11.9. The van der Waals surface area contributed by atoms with E-state index in [1.807, 2.05) is 0 Å². The van der Waals surface area contributed by atoms with Gasteiger partial charge in [-0.15, -0.1) is 0 Å². The van der Waals surface area contributed by atoms with Gasteiger partial charge in [-0.2, -0.15) is 13.2 Å². The van der Waals surface area contributed by atoms with Crippen molar-refractivity contribution in [3.8, 4) is 11.5 Å². The molecule has 0 saturated heterocycles. The Balaban J connectivity index is 2.63. The summed E-state index contributed by atoms with van der Waals surface area (Å²) in [5.74, 6) is 0.504. The number of methoxy groups -OCH3 is 1. The zero-order valence-electron chi connectivity index (χ0n) is 9.79. The molecule has 1 aromatic carbocycles. The second-order valence-electron chi connectivity index (χ2n) is 3.56. The smallest absolute Gasteiger partial charge is 0.389 e. The van der Waals surface area contributed by atoms with Crippen LogP contribution in [0.1, 0.15) is 23.2 Å². The summed E-state index contributed by atoms with van der Waals surface area (Å²) in [7, 11) is 1.40.